The highest BCUT2D eigenvalue weighted by Crippen LogP contribution is 2.25. The molecule has 20 heavy (non-hydrogen) atoms. The number of piperazine rings is 1. The lowest BCUT2D eigenvalue weighted by molar-refractivity contribution is 0.274. The van der Waals surface area contributed by atoms with Crippen LogP contribution in [0, 0.1) is 0 Å². The summed E-state index contributed by atoms with van der Waals surface area (Å²) in [5.41, 5.74) is 0.559. The molecule has 0 aliphatic carbocycles. The molecule has 0 radical (unpaired) electrons. The average Bonchev–Trinajstić information content (AvgIpc) is 2.87. The van der Waals surface area contributed by atoms with Gasteiger partial charge in [-0.15, -0.1) is 11.3 Å². The normalized spacial score (nSPS) is 19.3. The quantitative estimate of drug-likeness (QED) is 0.798. The van der Waals surface area contributed by atoms with Crippen molar-refractivity contribution in [3.8, 4) is 0 Å². The molecule has 10 heteroatoms. The molecule has 0 amide bonds. The Hall–Kier alpha value is -0.520. The monoisotopic (exact) mass is 340 g/mol. The van der Waals surface area contributed by atoms with Gasteiger partial charge in [0.1, 0.15) is 4.21 Å². The van der Waals surface area contributed by atoms with Crippen LogP contribution in [0.4, 0.5) is 0 Å². The standard InChI is InChI=1S/C10H16N2O5S3/c1-19(14,15)11-2-4-12(5-3-11)20(16,17)10-6-9(7-13)8-18-10/h6,8,13H,2-5,7H2,1H3. The van der Waals surface area contributed by atoms with Gasteiger partial charge in [0, 0.05) is 26.2 Å². The van der Waals surface area contributed by atoms with Crippen molar-refractivity contribution in [2.24, 2.45) is 0 Å². The van der Waals surface area contributed by atoms with Crippen molar-refractivity contribution in [3.05, 3.63) is 17.0 Å². The SMILES string of the molecule is CS(=O)(=O)N1CCN(S(=O)(=O)c2cc(CO)cs2)CC1. The van der Waals surface area contributed by atoms with Crippen molar-refractivity contribution in [1.82, 2.24) is 8.61 Å². The largest absolute Gasteiger partial charge is 0.392 e. The molecule has 1 aromatic heterocycles. The van der Waals surface area contributed by atoms with E-state index in [1.54, 1.807) is 5.38 Å². The number of nitrogens with zero attached hydrogens (tertiary/aromatic N) is 2. The number of aliphatic hydroxyl groups excluding tert-OH is 1. The number of hydrogen-bond donors (Lipinski definition) is 1. The number of sulfonamides is 2. The maximum atomic E-state index is 12.4. The van der Waals surface area contributed by atoms with Crippen molar-refractivity contribution < 1.29 is 21.9 Å². The van der Waals surface area contributed by atoms with Gasteiger partial charge in [-0.25, -0.2) is 16.8 Å². The van der Waals surface area contributed by atoms with Crippen LogP contribution in [0.1, 0.15) is 5.56 Å². The van der Waals surface area contributed by atoms with E-state index in [9.17, 15) is 16.8 Å². The number of aliphatic hydroxyl groups is 1. The molecule has 0 saturated carbocycles. The van der Waals surface area contributed by atoms with Gasteiger partial charge in [0.15, 0.2) is 0 Å². The van der Waals surface area contributed by atoms with E-state index in [2.05, 4.69) is 0 Å². The second-order valence-corrected chi connectivity index (χ2v) is 9.56. The average molecular weight is 340 g/mol. The zero-order chi connectivity index (χ0) is 15.0. The highest BCUT2D eigenvalue weighted by atomic mass is 32.2. The lowest BCUT2D eigenvalue weighted by Crippen LogP contribution is -2.50. The smallest absolute Gasteiger partial charge is 0.252 e. The zero-order valence-corrected chi connectivity index (χ0v) is 13.3. The van der Waals surface area contributed by atoms with Crippen molar-refractivity contribution in [1.29, 1.82) is 0 Å². The van der Waals surface area contributed by atoms with Gasteiger partial charge in [0.05, 0.1) is 12.9 Å². The summed E-state index contributed by atoms with van der Waals surface area (Å²) < 4.78 is 50.2. The summed E-state index contributed by atoms with van der Waals surface area (Å²) in [5, 5.41) is 10.6. The molecule has 1 N–H and O–H groups in total. The van der Waals surface area contributed by atoms with Gasteiger partial charge in [-0.3, -0.25) is 0 Å². The van der Waals surface area contributed by atoms with Crippen LogP contribution in [0.25, 0.3) is 0 Å². The van der Waals surface area contributed by atoms with Crippen LogP contribution in [-0.4, -0.2) is 63.0 Å². The predicted octanol–water partition coefficient (Wildman–Crippen LogP) is -0.494. The summed E-state index contributed by atoms with van der Waals surface area (Å²) in [6.07, 6.45) is 1.12. The Morgan fingerprint density at radius 2 is 1.70 bits per heavy atom. The van der Waals surface area contributed by atoms with Gasteiger partial charge in [0.2, 0.25) is 10.0 Å². The molecule has 1 aromatic rings. The van der Waals surface area contributed by atoms with Crippen molar-refractivity contribution in [2.45, 2.75) is 10.8 Å². The Balaban J connectivity index is 2.13. The fourth-order valence-electron chi connectivity index (χ4n) is 1.94. The molecular formula is C10H16N2O5S3. The second-order valence-electron chi connectivity index (χ2n) is 4.50. The van der Waals surface area contributed by atoms with E-state index < -0.39 is 20.0 Å². The molecule has 2 rings (SSSR count). The molecule has 0 unspecified atom stereocenters. The van der Waals surface area contributed by atoms with Crippen molar-refractivity contribution >= 4 is 31.4 Å². The summed E-state index contributed by atoms with van der Waals surface area (Å²) >= 11 is 1.06. The summed E-state index contributed by atoms with van der Waals surface area (Å²) in [7, 11) is -6.88. The van der Waals surface area contributed by atoms with Crippen LogP contribution in [0.3, 0.4) is 0 Å². The molecule has 1 aliphatic heterocycles. The van der Waals surface area contributed by atoms with E-state index >= 15 is 0 Å². The first-order chi connectivity index (χ1) is 9.25. The second kappa shape index (κ2) is 5.70. The van der Waals surface area contributed by atoms with Crippen LogP contribution in [0.5, 0.6) is 0 Å². The summed E-state index contributed by atoms with van der Waals surface area (Å²) in [6.45, 7) is 0.407. The van der Waals surface area contributed by atoms with Gasteiger partial charge in [-0.05, 0) is 17.0 Å². The zero-order valence-electron chi connectivity index (χ0n) is 10.9. The summed E-state index contributed by atoms with van der Waals surface area (Å²) in [6, 6.07) is 1.45. The van der Waals surface area contributed by atoms with Crippen LogP contribution in [0.15, 0.2) is 15.7 Å². The van der Waals surface area contributed by atoms with E-state index in [1.807, 2.05) is 0 Å². The molecule has 0 bridgehead atoms. The Labute approximate surface area is 122 Å². The van der Waals surface area contributed by atoms with E-state index in [4.69, 9.17) is 5.11 Å². The molecule has 0 aromatic carbocycles. The molecule has 2 heterocycles. The van der Waals surface area contributed by atoms with E-state index in [-0.39, 0.29) is 37.0 Å². The topological polar surface area (TPSA) is 95.0 Å². The molecule has 7 nitrogen and oxygen atoms in total. The van der Waals surface area contributed by atoms with Crippen molar-refractivity contribution in [2.75, 3.05) is 32.4 Å². The van der Waals surface area contributed by atoms with E-state index in [0.717, 1.165) is 17.6 Å². The van der Waals surface area contributed by atoms with Crippen LogP contribution < -0.4 is 0 Å². The third kappa shape index (κ3) is 3.21. The van der Waals surface area contributed by atoms with Gasteiger partial charge in [-0.2, -0.15) is 8.61 Å². The Bertz CT molecular complexity index is 672. The minimum absolute atomic E-state index is 0.141. The number of hydrogen-bond acceptors (Lipinski definition) is 6. The van der Waals surface area contributed by atoms with E-state index in [0.29, 0.717) is 5.56 Å². The van der Waals surface area contributed by atoms with Crippen LogP contribution in [-0.2, 0) is 26.7 Å². The minimum Gasteiger partial charge on any atom is -0.392 e. The van der Waals surface area contributed by atoms with E-state index in [1.165, 1.54) is 14.7 Å². The fourth-order valence-corrected chi connectivity index (χ4v) is 5.54. The highest BCUT2D eigenvalue weighted by molar-refractivity contribution is 7.91. The predicted molar refractivity (Wildman–Crippen MR) is 75.4 cm³/mol. The Morgan fingerprint density at radius 3 is 2.15 bits per heavy atom. The van der Waals surface area contributed by atoms with Crippen LogP contribution in [0.2, 0.25) is 0 Å². The Morgan fingerprint density at radius 1 is 1.15 bits per heavy atom. The lowest BCUT2D eigenvalue weighted by Gasteiger charge is -2.32. The third-order valence-electron chi connectivity index (χ3n) is 3.07. The molecule has 114 valence electrons. The van der Waals surface area contributed by atoms with Gasteiger partial charge in [0.25, 0.3) is 10.0 Å². The van der Waals surface area contributed by atoms with Crippen molar-refractivity contribution in [3.63, 3.8) is 0 Å². The minimum atomic E-state index is -3.60. The molecular weight excluding hydrogens is 324 g/mol. The molecule has 1 aliphatic rings. The Kier molecular flexibility index (Phi) is 4.52. The molecule has 1 saturated heterocycles. The van der Waals surface area contributed by atoms with Gasteiger partial charge < -0.3 is 5.11 Å². The summed E-state index contributed by atoms with van der Waals surface area (Å²) in [4.78, 5) is 0. The number of rotatable bonds is 4. The fraction of sp³-hybridized carbons (Fsp3) is 0.600. The molecule has 0 atom stereocenters. The first-order valence-electron chi connectivity index (χ1n) is 5.88. The maximum absolute atomic E-state index is 12.4. The lowest BCUT2D eigenvalue weighted by atomic mass is 10.4. The third-order valence-corrected chi connectivity index (χ3v) is 7.74. The summed E-state index contributed by atoms with van der Waals surface area (Å²) in [5.74, 6) is 0. The van der Waals surface area contributed by atoms with Gasteiger partial charge in [-0.1, -0.05) is 0 Å². The molecule has 1 fully saturated rings. The molecule has 0 spiro atoms. The number of thiophene rings is 1. The van der Waals surface area contributed by atoms with Crippen LogP contribution >= 0.6 is 11.3 Å². The van der Waals surface area contributed by atoms with Gasteiger partial charge >= 0.3 is 0 Å². The first-order valence-corrected chi connectivity index (χ1v) is 10.1. The maximum Gasteiger partial charge on any atom is 0.252 e. The first kappa shape index (κ1) is 15.9. The highest BCUT2D eigenvalue weighted by Gasteiger charge is 2.32.